The third kappa shape index (κ3) is 2.13. The summed E-state index contributed by atoms with van der Waals surface area (Å²) in [6.45, 7) is 2.97. The van der Waals surface area contributed by atoms with Gasteiger partial charge in [-0.2, -0.15) is 4.98 Å². The fraction of sp³-hybridized carbons (Fsp3) is 0.882. The van der Waals surface area contributed by atoms with Crippen molar-refractivity contribution >= 4 is 0 Å². The monoisotopic (exact) mass is 305 g/mol. The first-order chi connectivity index (χ1) is 10.4. The van der Waals surface area contributed by atoms with E-state index in [0.29, 0.717) is 12.5 Å². The minimum Gasteiger partial charge on any atom is -0.390 e. The molecule has 0 aliphatic heterocycles. The molecule has 22 heavy (non-hydrogen) atoms. The maximum atomic E-state index is 11.1. The van der Waals surface area contributed by atoms with Crippen LogP contribution in [0, 0.1) is 11.3 Å². The van der Waals surface area contributed by atoms with Gasteiger partial charge in [0.25, 0.3) is 0 Å². The van der Waals surface area contributed by atoms with Crippen LogP contribution in [-0.4, -0.2) is 39.8 Å². The molecule has 1 aromatic heterocycles. The van der Waals surface area contributed by atoms with E-state index >= 15 is 0 Å². The highest BCUT2D eigenvalue weighted by atomic mass is 16.5. The van der Waals surface area contributed by atoms with Gasteiger partial charge in [0.1, 0.15) is 0 Å². The maximum Gasteiger partial charge on any atom is 0.233 e. The summed E-state index contributed by atoms with van der Waals surface area (Å²) in [6.07, 6.45) is 7.38. The van der Waals surface area contributed by atoms with Crippen LogP contribution in [0.1, 0.15) is 63.6 Å². The first-order valence-electron chi connectivity index (χ1n) is 8.56. The molecule has 1 aromatic rings. The molecule has 5 nitrogen and oxygen atoms in total. The van der Waals surface area contributed by atoms with Crippen molar-refractivity contribution in [1.82, 2.24) is 15.0 Å². The summed E-state index contributed by atoms with van der Waals surface area (Å²) < 4.78 is 5.69. The molecule has 1 heterocycles. The highest BCUT2D eigenvalue weighted by Gasteiger charge is 2.64. The molecule has 0 unspecified atom stereocenters. The van der Waals surface area contributed by atoms with Gasteiger partial charge in [-0.25, -0.2) is 0 Å². The lowest BCUT2D eigenvalue weighted by Crippen LogP contribution is -2.61. The third-order valence-electron chi connectivity index (χ3n) is 6.28. The smallest absolute Gasteiger partial charge is 0.233 e. The summed E-state index contributed by atoms with van der Waals surface area (Å²) in [5.74, 6) is 2.16. The molecule has 0 radical (unpaired) electrons. The number of rotatable bonds is 4. The lowest BCUT2D eigenvalue weighted by atomic mass is 9.42. The van der Waals surface area contributed by atoms with Crippen molar-refractivity contribution in [3.8, 4) is 0 Å². The second-order valence-electron chi connectivity index (χ2n) is 8.62. The Morgan fingerprint density at radius 3 is 2.73 bits per heavy atom. The van der Waals surface area contributed by atoms with E-state index in [1.54, 1.807) is 0 Å². The van der Waals surface area contributed by atoms with Crippen molar-refractivity contribution in [3.05, 3.63) is 11.7 Å². The molecule has 122 valence electrons. The van der Waals surface area contributed by atoms with Crippen LogP contribution in [0.2, 0.25) is 0 Å². The molecule has 0 amide bonds. The molecule has 4 saturated carbocycles. The Morgan fingerprint density at radius 2 is 2.05 bits per heavy atom. The highest BCUT2D eigenvalue weighted by molar-refractivity contribution is 5.22. The zero-order chi connectivity index (χ0) is 15.6. The van der Waals surface area contributed by atoms with Crippen molar-refractivity contribution in [3.63, 3.8) is 0 Å². The van der Waals surface area contributed by atoms with Crippen molar-refractivity contribution in [2.75, 3.05) is 14.1 Å². The molecule has 0 saturated heterocycles. The van der Waals surface area contributed by atoms with E-state index < -0.39 is 5.60 Å². The van der Waals surface area contributed by atoms with Gasteiger partial charge < -0.3 is 14.5 Å². The Labute approximate surface area is 132 Å². The number of hydrogen-bond donors (Lipinski definition) is 1. The lowest BCUT2D eigenvalue weighted by molar-refractivity contribution is -0.181. The van der Waals surface area contributed by atoms with Crippen LogP contribution in [0.4, 0.5) is 0 Å². The largest absolute Gasteiger partial charge is 0.390 e. The molecule has 5 heteroatoms. The van der Waals surface area contributed by atoms with E-state index in [1.165, 1.54) is 6.42 Å². The number of aliphatic hydroxyl groups is 1. The van der Waals surface area contributed by atoms with E-state index in [2.05, 4.69) is 17.0 Å². The molecule has 0 aromatic carbocycles. The van der Waals surface area contributed by atoms with E-state index in [-0.39, 0.29) is 10.8 Å². The zero-order valence-electron chi connectivity index (χ0n) is 13.9. The maximum absolute atomic E-state index is 11.1. The quantitative estimate of drug-likeness (QED) is 0.926. The van der Waals surface area contributed by atoms with Crippen molar-refractivity contribution in [2.24, 2.45) is 11.3 Å². The Morgan fingerprint density at radius 1 is 1.23 bits per heavy atom. The fourth-order valence-corrected chi connectivity index (χ4v) is 6.03. The zero-order valence-corrected chi connectivity index (χ0v) is 13.9. The summed E-state index contributed by atoms with van der Waals surface area (Å²) in [5.41, 5.74) is -0.308. The molecule has 4 aliphatic rings. The van der Waals surface area contributed by atoms with Crippen LogP contribution < -0.4 is 0 Å². The van der Waals surface area contributed by atoms with Gasteiger partial charge in [-0.3, -0.25) is 0 Å². The summed E-state index contributed by atoms with van der Waals surface area (Å²) in [5, 5.41) is 15.3. The van der Waals surface area contributed by atoms with E-state index in [1.807, 2.05) is 14.1 Å². The Hall–Kier alpha value is -0.940. The first-order valence-corrected chi connectivity index (χ1v) is 8.56. The van der Waals surface area contributed by atoms with Gasteiger partial charge in [0.15, 0.2) is 5.82 Å². The molecule has 4 aliphatic carbocycles. The van der Waals surface area contributed by atoms with Crippen LogP contribution in [0.3, 0.4) is 0 Å². The Kier molecular flexibility index (Phi) is 3.02. The highest BCUT2D eigenvalue weighted by Crippen LogP contribution is 2.67. The van der Waals surface area contributed by atoms with E-state index in [4.69, 9.17) is 9.51 Å². The Bertz CT molecular complexity index is 586. The van der Waals surface area contributed by atoms with Crippen molar-refractivity contribution in [2.45, 2.75) is 69.4 Å². The SMILES string of the molecule is CC[C@]12C[C@@H]3C[C@@](O)(C1)C[C@@](c1nc(CN(C)C)no1)(C3)C2. The predicted molar refractivity (Wildman–Crippen MR) is 82.2 cm³/mol. The first kappa shape index (κ1) is 14.6. The van der Waals surface area contributed by atoms with Crippen LogP contribution >= 0.6 is 0 Å². The molecule has 1 N–H and O–H groups in total. The van der Waals surface area contributed by atoms with Gasteiger partial charge in [-0.15, -0.1) is 0 Å². The fourth-order valence-electron chi connectivity index (χ4n) is 6.03. The van der Waals surface area contributed by atoms with Crippen LogP contribution in [0.25, 0.3) is 0 Å². The summed E-state index contributed by atoms with van der Waals surface area (Å²) in [6, 6.07) is 0. The number of aromatic nitrogens is 2. The van der Waals surface area contributed by atoms with Crippen LogP contribution in [0.15, 0.2) is 4.52 Å². The Balaban J connectivity index is 1.70. The second kappa shape index (κ2) is 4.54. The van der Waals surface area contributed by atoms with Gasteiger partial charge in [-0.1, -0.05) is 18.5 Å². The molecular weight excluding hydrogens is 278 g/mol. The third-order valence-corrected chi connectivity index (χ3v) is 6.28. The number of hydrogen-bond acceptors (Lipinski definition) is 5. The van der Waals surface area contributed by atoms with Crippen LogP contribution in [0.5, 0.6) is 0 Å². The summed E-state index contributed by atoms with van der Waals surface area (Å²) >= 11 is 0. The van der Waals surface area contributed by atoms with Crippen LogP contribution in [-0.2, 0) is 12.0 Å². The second-order valence-corrected chi connectivity index (χ2v) is 8.62. The van der Waals surface area contributed by atoms with E-state index in [0.717, 1.165) is 50.2 Å². The molecular formula is C17H27N3O2. The topological polar surface area (TPSA) is 62.4 Å². The lowest BCUT2D eigenvalue weighted by Gasteiger charge is -2.64. The number of nitrogens with zero attached hydrogens (tertiary/aromatic N) is 3. The van der Waals surface area contributed by atoms with Crippen molar-refractivity contribution < 1.29 is 9.63 Å². The van der Waals surface area contributed by atoms with Crippen molar-refractivity contribution in [1.29, 1.82) is 0 Å². The minimum absolute atomic E-state index is 0.0816. The minimum atomic E-state index is -0.508. The van der Waals surface area contributed by atoms with Gasteiger partial charge >= 0.3 is 0 Å². The molecule has 4 fully saturated rings. The predicted octanol–water partition coefficient (Wildman–Crippen LogP) is 2.49. The van der Waals surface area contributed by atoms with Gasteiger partial charge in [0.05, 0.1) is 17.6 Å². The van der Waals surface area contributed by atoms with Gasteiger partial charge in [-0.05, 0) is 64.0 Å². The summed E-state index contributed by atoms with van der Waals surface area (Å²) in [7, 11) is 4.02. The standard InChI is InChI=1S/C17H27N3O2/c1-4-15-5-12-6-16(9-15,11-17(21,7-12)10-15)14-18-13(19-22-14)8-20(2)3/h12,21H,4-11H2,1-3H3/t12-,15+,16+,17+/m0/s1. The average molecular weight is 305 g/mol. The average Bonchev–Trinajstić information content (AvgIpc) is 2.84. The molecule has 4 atom stereocenters. The van der Waals surface area contributed by atoms with Gasteiger partial charge in [0.2, 0.25) is 5.89 Å². The molecule has 0 spiro atoms. The molecule has 5 rings (SSSR count). The normalized spacial score (nSPS) is 43.2. The molecule has 4 bridgehead atoms. The summed E-state index contributed by atoms with van der Waals surface area (Å²) in [4.78, 5) is 6.76. The van der Waals surface area contributed by atoms with Gasteiger partial charge in [0, 0.05) is 0 Å². The van der Waals surface area contributed by atoms with E-state index in [9.17, 15) is 5.11 Å².